The lowest BCUT2D eigenvalue weighted by Gasteiger charge is -2.15. The number of pyridine rings is 2. The predicted octanol–water partition coefficient (Wildman–Crippen LogP) is 11.9. The van der Waals surface area contributed by atoms with Crippen molar-refractivity contribution in [1.29, 1.82) is 0 Å². The molecule has 0 atom stereocenters. The van der Waals surface area contributed by atoms with E-state index in [-0.39, 0.29) is 0 Å². The normalized spacial score (nSPS) is 12.4. The zero-order valence-corrected chi connectivity index (χ0v) is 28.3. The van der Waals surface area contributed by atoms with Crippen LogP contribution in [0.15, 0.2) is 180 Å². The first kappa shape index (κ1) is 30.6. The maximum Gasteiger partial charge on any atom is 0.161 e. The second-order valence-corrected chi connectivity index (χ2v) is 13.4. The third kappa shape index (κ3) is 6.16. The fourth-order valence-corrected chi connectivity index (χ4v) is 7.63. The monoisotopic (exact) mass is 670 g/mol. The molecular formula is C46H30N4S. The molecule has 5 aromatic carbocycles. The summed E-state index contributed by atoms with van der Waals surface area (Å²) in [5.74, 6) is 0.622. The maximum absolute atomic E-state index is 5.17. The number of nitrogens with zero attached hydrogens (tertiary/aromatic N) is 4. The van der Waals surface area contributed by atoms with E-state index in [0.29, 0.717) is 5.82 Å². The topological polar surface area (TPSA) is 51.6 Å². The Balaban J connectivity index is 1.21. The molecule has 4 heterocycles. The Morgan fingerprint density at radius 2 is 1.02 bits per heavy atom. The van der Waals surface area contributed by atoms with Crippen molar-refractivity contribution in [3.05, 3.63) is 181 Å². The van der Waals surface area contributed by atoms with Gasteiger partial charge in [-0.3, -0.25) is 9.97 Å². The molecule has 0 aliphatic carbocycles. The van der Waals surface area contributed by atoms with Crippen LogP contribution in [0.1, 0.15) is 11.1 Å². The predicted molar refractivity (Wildman–Crippen MR) is 210 cm³/mol. The summed E-state index contributed by atoms with van der Waals surface area (Å²) in [5.41, 5.74) is 13.5. The summed E-state index contributed by atoms with van der Waals surface area (Å²) in [6, 6.07) is 53.0. The van der Waals surface area contributed by atoms with Crippen LogP contribution in [-0.2, 0) is 0 Å². The highest BCUT2D eigenvalue weighted by atomic mass is 32.2. The number of rotatable bonds is 4. The molecular weight excluding hydrogens is 641 g/mol. The highest BCUT2D eigenvalue weighted by Gasteiger charge is 2.18. The Labute approximate surface area is 301 Å². The van der Waals surface area contributed by atoms with Crippen LogP contribution in [-0.4, -0.2) is 19.9 Å². The molecule has 51 heavy (non-hydrogen) atoms. The van der Waals surface area contributed by atoms with Crippen molar-refractivity contribution in [2.45, 2.75) is 9.79 Å². The first-order valence-corrected chi connectivity index (χ1v) is 17.7. The van der Waals surface area contributed by atoms with Gasteiger partial charge in [0, 0.05) is 50.6 Å². The van der Waals surface area contributed by atoms with Crippen LogP contribution >= 0.6 is 11.8 Å². The van der Waals surface area contributed by atoms with Crippen molar-refractivity contribution in [2.24, 2.45) is 0 Å². The summed E-state index contributed by atoms with van der Waals surface area (Å²) in [5, 5.41) is 0. The van der Waals surface area contributed by atoms with Crippen molar-refractivity contribution in [3.8, 4) is 67.4 Å². The lowest BCUT2D eigenvalue weighted by Crippen LogP contribution is -1.97. The Morgan fingerprint density at radius 1 is 0.392 bits per heavy atom. The van der Waals surface area contributed by atoms with E-state index in [1.807, 2.05) is 66.6 Å². The highest BCUT2D eigenvalue weighted by molar-refractivity contribution is 7.99. The van der Waals surface area contributed by atoms with Gasteiger partial charge in [-0.1, -0.05) is 127 Å². The van der Waals surface area contributed by atoms with Gasteiger partial charge >= 0.3 is 0 Å². The molecule has 0 saturated heterocycles. The molecule has 0 saturated carbocycles. The third-order valence-electron chi connectivity index (χ3n) is 9.10. The van der Waals surface area contributed by atoms with Gasteiger partial charge in [0.2, 0.25) is 0 Å². The van der Waals surface area contributed by atoms with Gasteiger partial charge in [-0.05, 0) is 81.9 Å². The molecule has 0 bridgehead atoms. The van der Waals surface area contributed by atoms with Gasteiger partial charge in [-0.2, -0.15) is 0 Å². The summed E-state index contributed by atoms with van der Waals surface area (Å²) in [4.78, 5) is 21.7. The molecule has 0 unspecified atom stereocenters. The summed E-state index contributed by atoms with van der Waals surface area (Å²) in [7, 11) is 0. The van der Waals surface area contributed by atoms with E-state index in [2.05, 4.69) is 126 Å². The van der Waals surface area contributed by atoms with E-state index >= 15 is 0 Å². The first-order chi connectivity index (χ1) is 25.3. The summed E-state index contributed by atoms with van der Waals surface area (Å²) < 4.78 is 0. The summed E-state index contributed by atoms with van der Waals surface area (Å²) >= 11 is 1.81. The van der Waals surface area contributed by atoms with Crippen molar-refractivity contribution >= 4 is 23.9 Å². The second-order valence-electron chi connectivity index (χ2n) is 12.3. The quantitative estimate of drug-likeness (QED) is 0.186. The zero-order chi connectivity index (χ0) is 34.0. The van der Waals surface area contributed by atoms with E-state index < -0.39 is 0 Å². The van der Waals surface area contributed by atoms with Crippen LogP contribution in [0.3, 0.4) is 0 Å². The number of hydrogen-bond donors (Lipinski definition) is 0. The highest BCUT2D eigenvalue weighted by Crippen LogP contribution is 2.44. The van der Waals surface area contributed by atoms with E-state index in [4.69, 9.17) is 15.0 Å². The molecule has 9 rings (SSSR count). The third-order valence-corrected chi connectivity index (χ3v) is 10.3. The van der Waals surface area contributed by atoms with Crippen LogP contribution < -0.4 is 0 Å². The number of hydrogen-bond acceptors (Lipinski definition) is 5. The minimum absolute atomic E-state index is 0.622. The number of benzene rings is 5. The maximum atomic E-state index is 5.17. The minimum Gasteiger partial charge on any atom is -0.264 e. The fourth-order valence-electron chi connectivity index (χ4n) is 6.53. The van der Waals surface area contributed by atoms with Gasteiger partial charge < -0.3 is 0 Å². The molecule has 0 spiro atoms. The van der Waals surface area contributed by atoms with E-state index in [0.717, 1.165) is 50.5 Å². The van der Waals surface area contributed by atoms with Crippen LogP contribution in [0.4, 0.5) is 0 Å². The Bertz CT molecular complexity index is 2550. The van der Waals surface area contributed by atoms with Gasteiger partial charge in [-0.25, -0.2) is 9.97 Å². The Hall–Kier alpha value is -6.43. The van der Waals surface area contributed by atoms with E-state index in [1.54, 1.807) is 6.20 Å². The van der Waals surface area contributed by atoms with Gasteiger partial charge in [0.25, 0.3) is 0 Å². The summed E-state index contributed by atoms with van der Waals surface area (Å²) in [6.07, 6.45) is 9.91. The van der Waals surface area contributed by atoms with Crippen molar-refractivity contribution in [3.63, 3.8) is 0 Å². The smallest absolute Gasteiger partial charge is 0.161 e. The SMILES string of the molecule is C1=C\c2ccc(-c3cc(-c4ccccc4)nc(-c4ccc(-c5cccnc5)nc4)n3)cc2-c2ccccc2Sc2ccccc2-c2ccccc2/1. The molecule has 240 valence electrons. The van der Waals surface area contributed by atoms with Gasteiger partial charge in [0.05, 0.1) is 17.1 Å². The molecule has 3 aromatic heterocycles. The number of aromatic nitrogens is 4. The standard InChI is InChI=1S/C46H30N4S/c1-2-12-33(13-3-1)42-28-43(50-46(49-42)36-24-25-41(48-30-36)35-14-10-26-47-29-35)34-23-22-32-21-20-31-11-4-5-15-37(31)38-16-6-8-18-44(38)51-45-19-9-7-17-39(45)40(32)27-34/h1-30H/b21-20-. The largest absolute Gasteiger partial charge is 0.264 e. The zero-order valence-electron chi connectivity index (χ0n) is 27.5. The Morgan fingerprint density at radius 3 is 1.75 bits per heavy atom. The van der Waals surface area contributed by atoms with Gasteiger partial charge in [0.1, 0.15) is 0 Å². The molecule has 1 aliphatic heterocycles. The van der Waals surface area contributed by atoms with Crippen molar-refractivity contribution < 1.29 is 0 Å². The second kappa shape index (κ2) is 13.5. The molecule has 1 aliphatic rings. The number of fused-ring (bicyclic) bond motifs is 6. The van der Waals surface area contributed by atoms with E-state index in [9.17, 15) is 0 Å². The lowest BCUT2D eigenvalue weighted by atomic mass is 9.94. The summed E-state index contributed by atoms with van der Waals surface area (Å²) in [6.45, 7) is 0. The minimum atomic E-state index is 0.622. The molecule has 8 aromatic rings. The van der Waals surface area contributed by atoms with E-state index in [1.165, 1.54) is 32.0 Å². The Kier molecular flexibility index (Phi) is 8.08. The molecule has 4 nitrogen and oxygen atoms in total. The molecule has 0 fully saturated rings. The average molecular weight is 671 g/mol. The molecule has 5 heteroatoms. The van der Waals surface area contributed by atoms with Crippen LogP contribution in [0, 0.1) is 0 Å². The van der Waals surface area contributed by atoms with Gasteiger partial charge in [-0.15, -0.1) is 0 Å². The van der Waals surface area contributed by atoms with Gasteiger partial charge in [0.15, 0.2) is 5.82 Å². The van der Waals surface area contributed by atoms with Crippen LogP contribution in [0.5, 0.6) is 0 Å². The fraction of sp³-hybridized carbons (Fsp3) is 0. The lowest BCUT2D eigenvalue weighted by molar-refractivity contribution is 1.17. The molecule has 0 N–H and O–H groups in total. The molecule has 0 amide bonds. The molecule has 0 radical (unpaired) electrons. The van der Waals surface area contributed by atoms with Crippen LogP contribution in [0.25, 0.3) is 79.6 Å². The first-order valence-electron chi connectivity index (χ1n) is 16.9. The van der Waals surface area contributed by atoms with Crippen LogP contribution in [0.2, 0.25) is 0 Å². The average Bonchev–Trinajstić information content (AvgIpc) is 3.23. The van der Waals surface area contributed by atoms with Crippen molar-refractivity contribution in [1.82, 2.24) is 19.9 Å². The van der Waals surface area contributed by atoms with Crippen molar-refractivity contribution in [2.75, 3.05) is 0 Å².